The van der Waals surface area contributed by atoms with Gasteiger partial charge in [-0.1, -0.05) is 15.9 Å². The molecule has 156 valence electrons. The van der Waals surface area contributed by atoms with E-state index in [1.807, 2.05) is 19.9 Å². The Morgan fingerprint density at radius 1 is 1.30 bits per heavy atom. The Hall–Kier alpha value is -2.84. The van der Waals surface area contributed by atoms with Gasteiger partial charge in [-0.25, -0.2) is 0 Å². The SMILES string of the molecule is CC(C)OCCN1C(=O)C(O)=C(C(=O)c2cc3cc(Br)ccc3o2)C1c1ccco1. The first-order valence-electron chi connectivity index (χ1n) is 9.49. The molecule has 0 aliphatic carbocycles. The quantitative estimate of drug-likeness (QED) is 0.495. The molecule has 0 spiro atoms. The molecule has 4 rings (SSSR count). The zero-order valence-electron chi connectivity index (χ0n) is 16.4. The third kappa shape index (κ3) is 3.68. The summed E-state index contributed by atoms with van der Waals surface area (Å²) in [6.45, 7) is 4.23. The van der Waals surface area contributed by atoms with Crippen LogP contribution in [0.15, 0.2) is 67.3 Å². The average molecular weight is 474 g/mol. The van der Waals surface area contributed by atoms with Crippen molar-refractivity contribution in [2.24, 2.45) is 0 Å². The second-order valence-corrected chi connectivity index (χ2v) is 8.14. The minimum atomic E-state index is -0.865. The van der Waals surface area contributed by atoms with Crippen LogP contribution in [-0.2, 0) is 9.53 Å². The van der Waals surface area contributed by atoms with Crippen LogP contribution in [0.1, 0.15) is 36.2 Å². The number of rotatable bonds is 7. The summed E-state index contributed by atoms with van der Waals surface area (Å²) in [6, 6.07) is 9.42. The van der Waals surface area contributed by atoms with Crippen LogP contribution in [0.5, 0.6) is 0 Å². The number of fused-ring (bicyclic) bond motifs is 1. The Morgan fingerprint density at radius 2 is 2.10 bits per heavy atom. The van der Waals surface area contributed by atoms with Crippen molar-refractivity contribution in [1.29, 1.82) is 0 Å². The fourth-order valence-electron chi connectivity index (χ4n) is 3.50. The van der Waals surface area contributed by atoms with Gasteiger partial charge in [-0.2, -0.15) is 0 Å². The van der Waals surface area contributed by atoms with E-state index in [0.717, 1.165) is 9.86 Å². The van der Waals surface area contributed by atoms with Crippen molar-refractivity contribution in [3.63, 3.8) is 0 Å². The molecule has 1 amide bonds. The Kier molecular flexibility index (Phi) is 5.53. The molecule has 0 bridgehead atoms. The van der Waals surface area contributed by atoms with Crippen LogP contribution >= 0.6 is 15.9 Å². The van der Waals surface area contributed by atoms with Crippen LogP contribution in [0.3, 0.4) is 0 Å². The lowest BCUT2D eigenvalue weighted by Crippen LogP contribution is -2.34. The number of carbonyl (C=O) groups is 2. The van der Waals surface area contributed by atoms with E-state index in [9.17, 15) is 14.7 Å². The summed E-state index contributed by atoms with van der Waals surface area (Å²) in [5.41, 5.74) is 0.459. The molecule has 0 fully saturated rings. The lowest BCUT2D eigenvalue weighted by molar-refractivity contribution is -0.130. The van der Waals surface area contributed by atoms with Gasteiger partial charge < -0.3 is 23.6 Å². The Bertz CT molecular complexity index is 1130. The fourth-order valence-corrected chi connectivity index (χ4v) is 3.88. The van der Waals surface area contributed by atoms with Gasteiger partial charge in [0.1, 0.15) is 17.4 Å². The van der Waals surface area contributed by atoms with Crippen molar-refractivity contribution >= 4 is 38.6 Å². The average Bonchev–Trinajstić information content (AvgIpc) is 3.41. The number of aliphatic hydroxyl groups excluding tert-OH is 1. The number of ether oxygens (including phenoxy) is 1. The second kappa shape index (κ2) is 8.12. The van der Waals surface area contributed by atoms with Gasteiger partial charge in [-0.3, -0.25) is 9.59 Å². The van der Waals surface area contributed by atoms with Crippen molar-refractivity contribution in [1.82, 2.24) is 4.90 Å². The number of carbonyl (C=O) groups excluding carboxylic acids is 2. The molecule has 8 heteroatoms. The topological polar surface area (TPSA) is 93.1 Å². The van der Waals surface area contributed by atoms with Crippen molar-refractivity contribution in [2.75, 3.05) is 13.2 Å². The monoisotopic (exact) mass is 473 g/mol. The molecular formula is C22H20BrNO6. The van der Waals surface area contributed by atoms with Gasteiger partial charge in [-0.15, -0.1) is 0 Å². The molecule has 0 saturated carbocycles. The third-order valence-corrected chi connectivity index (χ3v) is 5.34. The van der Waals surface area contributed by atoms with Gasteiger partial charge in [0.2, 0.25) is 5.78 Å². The minimum absolute atomic E-state index is 0.0118. The molecule has 1 N–H and O–H groups in total. The first-order valence-corrected chi connectivity index (χ1v) is 10.3. The number of benzene rings is 1. The van der Waals surface area contributed by atoms with E-state index in [-0.39, 0.29) is 30.6 Å². The number of ketones is 1. The number of hydrogen-bond acceptors (Lipinski definition) is 6. The lowest BCUT2D eigenvalue weighted by Gasteiger charge is -2.25. The maximum atomic E-state index is 13.3. The van der Waals surface area contributed by atoms with E-state index < -0.39 is 23.5 Å². The van der Waals surface area contributed by atoms with Crippen LogP contribution < -0.4 is 0 Å². The number of amides is 1. The number of aliphatic hydroxyl groups is 1. The summed E-state index contributed by atoms with van der Waals surface area (Å²) in [5, 5.41) is 11.3. The van der Waals surface area contributed by atoms with E-state index in [1.165, 1.54) is 11.2 Å². The summed E-state index contributed by atoms with van der Waals surface area (Å²) < 4.78 is 17.6. The Balaban J connectivity index is 1.71. The molecule has 3 aromatic rings. The summed E-state index contributed by atoms with van der Waals surface area (Å²) in [7, 11) is 0. The Morgan fingerprint density at radius 3 is 2.80 bits per heavy atom. The highest BCUT2D eigenvalue weighted by atomic mass is 79.9. The van der Waals surface area contributed by atoms with E-state index in [0.29, 0.717) is 11.3 Å². The summed E-state index contributed by atoms with van der Waals surface area (Å²) in [6.07, 6.45) is 1.45. The standard InChI is InChI=1S/C22H20BrNO6/c1-12(2)28-9-7-24-19(16-4-3-8-29-16)18(21(26)22(24)27)20(25)17-11-13-10-14(23)5-6-15(13)30-17/h3-6,8,10-12,19,26H,7,9H2,1-2H3. The second-order valence-electron chi connectivity index (χ2n) is 7.22. The highest BCUT2D eigenvalue weighted by Crippen LogP contribution is 2.39. The smallest absolute Gasteiger partial charge is 0.290 e. The minimum Gasteiger partial charge on any atom is -0.503 e. The van der Waals surface area contributed by atoms with E-state index in [2.05, 4.69) is 15.9 Å². The number of hydrogen-bond donors (Lipinski definition) is 1. The van der Waals surface area contributed by atoms with Crippen LogP contribution in [0, 0.1) is 0 Å². The van der Waals surface area contributed by atoms with Crippen LogP contribution in [0.4, 0.5) is 0 Å². The maximum absolute atomic E-state index is 13.3. The fraction of sp³-hybridized carbons (Fsp3) is 0.273. The molecule has 30 heavy (non-hydrogen) atoms. The normalized spacial score (nSPS) is 17.0. The van der Waals surface area contributed by atoms with Gasteiger partial charge in [0.05, 0.1) is 24.5 Å². The molecule has 1 atom stereocenters. The number of nitrogens with zero attached hydrogens (tertiary/aromatic N) is 1. The molecule has 1 aromatic carbocycles. The largest absolute Gasteiger partial charge is 0.503 e. The highest BCUT2D eigenvalue weighted by molar-refractivity contribution is 9.10. The van der Waals surface area contributed by atoms with Crippen LogP contribution in [0.2, 0.25) is 0 Å². The summed E-state index contributed by atoms with van der Waals surface area (Å²) >= 11 is 3.39. The molecule has 1 aliphatic rings. The molecule has 0 radical (unpaired) electrons. The summed E-state index contributed by atoms with van der Waals surface area (Å²) in [5.74, 6) is -1.41. The molecule has 3 heterocycles. The van der Waals surface area contributed by atoms with Crippen LogP contribution in [0.25, 0.3) is 11.0 Å². The number of Topliss-reactive ketones (excluding diaryl/α,β-unsaturated/α-hetero) is 1. The molecule has 1 unspecified atom stereocenters. The number of furan rings is 2. The van der Waals surface area contributed by atoms with Gasteiger partial charge in [-0.05, 0) is 50.2 Å². The van der Waals surface area contributed by atoms with Gasteiger partial charge in [0.15, 0.2) is 11.5 Å². The van der Waals surface area contributed by atoms with E-state index in [4.69, 9.17) is 13.6 Å². The van der Waals surface area contributed by atoms with E-state index in [1.54, 1.807) is 30.3 Å². The van der Waals surface area contributed by atoms with Gasteiger partial charge in [0.25, 0.3) is 5.91 Å². The third-order valence-electron chi connectivity index (χ3n) is 4.85. The predicted octanol–water partition coefficient (Wildman–Crippen LogP) is 4.79. The van der Waals surface area contributed by atoms with E-state index >= 15 is 0 Å². The van der Waals surface area contributed by atoms with Crippen molar-refractivity contribution < 1.29 is 28.3 Å². The van der Waals surface area contributed by atoms with Gasteiger partial charge >= 0.3 is 0 Å². The lowest BCUT2D eigenvalue weighted by atomic mass is 9.99. The summed E-state index contributed by atoms with van der Waals surface area (Å²) in [4.78, 5) is 27.5. The first kappa shape index (κ1) is 20.4. The number of halogens is 1. The van der Waals surface area contributed by atoms with Gasteiger partial charge in [0, 0.05) is 16.4 Å². The van der Waals surface area contributed by atoms with Crippen LogP contribution in [-0.4, -0.2) is 41.0 Å². The molecule has 2 aromatic heterocycles. The maximum Gasteiger partial charge on any atom is 0.290 e. The van der Waals surface area contributed by atoms with Crippen molar-refractivity contribution in [3.05, 3.63) is 70.0 Å². The zero-order valence-corrected chi connectivity index (χ0v) is 18.0. The highest BCUT2D eigenvalue weighted by Gasteiger charge is 2.45. The molecule has 1 aliphatic heterocycles. The molecule has 7 nitrogen and oxygen atoms in total. The molecule has 0 saturated heterocycles. The van der Waals surface area contributed by atoms with Crippen molar-refractivity contribution in [2.45, 2.75) is 26.0 Å². The predicted molar refractivity (Wildman–Crippen MR) is 112 cm³/mol. The zero-order chi connectivity index (χ0) is 21.4. The van der Waals surface area contributed by atoms with Crippen molar-refractivity contribution in [3.8, 4) is 0 Å². The Labute approximate surface area is 181 Å². The first-order chi connectivity index (χ1) is 14.4. The molecular weight excluding hydrogens is 454 g/mol.